The monoisotopic (exact) mass is 254 g/mol. The highest BCUT2D eigenvalue weighted by atomic mass is 16.1. The number of benzene rings is 2. The summed E-state index contributed by atoms with van der Waals surface area (Å²) in [6, 6.07) is 13.7. The minimum absolute atomic E-state index is 0.411. The third-order valence-electron chi connectivity index (χ3n) is 3.12. The van der Waals surface area contributed by atoms with E-state index in [2.05, 4.69) is 24.4 Å². The van der Waals surface area contributed by atoms with Gasteiger partial charge in [0, 0.05) is 12.1 Å². The van der Waals surface area contributed by atoms with Crippen molar-refractivity contribution in [3.63, 3.8) is 0 Å². The Bertz CT molecular complexity index is 605. The number of aryl methyl sites for hydroxylation is 1. The van der Waals surface area contributed by atoms with E-state index in [0.717, 1.165) is 23.4 Å². The predicted octanol–water partition coefficient (Wildman–Crippen LogP) is 3.19. The van der Waals surface area contributed by atoms with Crippen molar-refractivity contribution in [2.24, 2.45) is 5.73 Å². The maximum absolute atomic E-state index is 11.5. The summed E-state index contributed by atoms with van der Waals surface area (Å²) in [5.41, 5.74) is 10.1. The highest BCUT2D eigenvalue weighted by Crippen LogP contribution is 2.32. The van der Waals surface area contributed by atoms with Crippen LogP contribution in [-0.2, 0) is 0 Å². The molecule has 0 aliphatic heterocycles. The third kappa shape index (κ3) is 2.60. The molecule has 0 aliphatic rings. The molecule has 0 heterocycles. The molecule has 3 heteroatoms. The van der Waals surface area contributed by atoms with Crippen LogP contribution in [0.3, 0.4) is 0 Å². The molecule has 0 fully saturated rings. The average Bonchev–Trinajstić information content (AvgIpc) is 2.40. The molecule has 0 aromatic heterocycles. The third-order valence-corrected chi connectivity index (χ3v) is 3.12. The van der Waals surface area contributed by atoms with Gasteiger partial charge in [0.1, 0.15) is 0 Å². The summed E-state index contributed by atoms with van der Waals surface area (Å²) < 4.78 is 0. The zero-order valence-electron chi connectivity index (χ0n) is 11.2. The van der Waals surface area contributed by atoms with Crippen molar-refractivity contribution in [1.82, 2.24) is 0 Å². The molecule has 3 nitrogen and oxygen atoms in total. The van der Waals surface area contributed by atoms with E-state index in [1.165, 1.54) is 5.56 Å². The lowest BCUT2D eigenvalue weighted by Gasteiger charge is -2.15. The van der Waals surface area contributed by atoms with Crippen molar-refractivity contribution in [3.8, 4) is 11.1 Å². The van der Waals surface area contributed by atoms with Gasteiger partial charge in [0.15, 0.2) is 0 Å². The summed E-state index contributed by atoms with van der Waals surface area (Å²) in [5, 5.41) is 3.25. The van der Waals surface area contributed by atoms with E-state index in [-0.39, 0.29) is 0 Å². The number of hydrogen-bond acceptors (Lipinski definition) is 2. The van der Waals surface area contributed by atoms with E-state index in [9.17, 15) is 4.79 Å². The quantitative estimate of drug-likeness (QED) is 0.880. The van der Waals surface area contributed by atoms with Crippen LogP contribution in [-0.4, -0.2) is 12.5 Å². The van der Waals surface area contributed by atoms with Gasteiger partial charge >= 0.3 is 0 Å². The van der Waals surface area contributed by atoms with Crippen molar-refractivity contribution < 1.29 is 4.79 Å². The first-order valence-corrected chi connectivity index (χ1v) is 6.37. The molecule has 0 atom stereocenters. The Balaban J connectivity index is 2.66. The Morgan fingerprint density at radius 1 is 1.11 bits per heavy atom. The van der Waals surface area contributed by atoms with Crippen LogP contribution in [0, 0.1) is 6.92 Å². The highest BCUT2D eigenvalue weighted by molar-refractivity contribution is 6.02. The summed E-state index contributed by atoms with van der Waals surface area (Å²) >= 11 is 0. The zero-order chi connectivity index (χ0) is 13.8. The van der Waals surface area contributed by atoms with Crippen LogP contribution in [0.5, 0.6) is 0 Å². The topological polar surface area (TPSA) is 55.1 Å². The smallest absolute Gasteiger partial charge is 0.250 e. The molecule has 2 rings (SSSR count). The number of para-hydroxylation sites is 1. The van der Waals surface area contributed by atoms with Crippen LogP contribution >= 0.6 is 0 Å². The molecule has 1 amide bonds. The van der Waals surface area contributed by atoms with E-state index >= 15 is 0 Å². The molecule has 0 saturated carbocycles. The average molecular weight is 254 g/mol. The van der Waals surface area contributed by atoms with Crippen LogP contribution in [0.2, 0.25) is 0 Å². The first-order chi connectivity index (χ1) is 9.15. The molecule has 98 valence electrons. The standard InChI is InChI=1S/C16H18N2O/c1-3-18-15-13(9-6-10-14(15)16(17)19)12-8-5-4-7-11(12)2/h4-10,18H,3H2,1-2H3,(H2,17,19). The normalized spacial score (nSPS) is 10.2. The lowest BCUT2D eigenvalue weighted by Crippen LogP contribution is -2.15. The van der Waals surface area contributed by atoms with Crippen molar-refractivity contribution in [3.05, 3.63) is 53.6 Å². The summed E-state index contributed by atoms with van der Waals surface area (Å²) in [5.74, 6) is -0.411. The van der Waals surface area contributed by atoms with Gasteiger partial charge < -0.3 is 11.1 Å². The predicted molar refractivity (Wildman–Crippen MR) is 79.3 cm³/mol. The highest BCUT2D eigenvalue weighted by Gasteiger charge is 2.13. The van der Waals surface area contributed by atoms with Gasteiger partial charge in [-0.25, -0.2) is 0 Å². The number of rotatable bonds is 4. The number of amides is 1. The zero-order valence-corrected chi connectivity index (χ0v) is 11.2. The largest absolute Gasteiger partial charge is 0.384 e. The first-order valence-electron chi connectivity index (χ1n) is 6.37. The number of carbonyl (C=O) groups excluding carboxylic acids is 1. The molecule has 3 N–H and O–H groups in total. The Hall–Kier alpha value is -2.29. The number of carbonyl (C=O) groups is 1. The van der Waals surface area contributed by atoms with E-state index in [4.69, 9.17) is 5.73 Å². The summed E-state index contributed by atoms with van der Waals surface area (Å²) in [7, 11) is 0. The minimum Gasteiger partial charge on any atom is -0.384 e. The maximum atomic E-state index is 11.5. The van der Waals surface area contributed by atoms with Gasteiger partial charge in [-0.15, -0.1) is 0 Å². The molecule has 2 aromatic rings. The Morgan fingerprint density at radius 3 is 2.42 bits per heavy atom. The number of primary amides is 1. The second kappa shape index (κ2) is 5.57. The van der Waals surface area contributed by atoms with Crippen molar-refractivity contribution in [2.75, 3.05) is 11.9 Å². The SMILES string of the molecule is CCNc1c(C(N)=O)cccc1-c1ccccc1C. The van der Waals surface area contributed by atoms with Gasteiger partial charge in [0.25, 0.3) is 5.91 Å². The van der Waals surface area contributed by atoms with E-state index in [1.807, 2.05) is 31.2 Å². The summed E-state index contributed by atoms with van der Waals surface area (Å²) in [6.45, 7) is 4.80. The second-order valence-electron chi connectivity index (χ2n) is 4.44. The maximum Gasteiger partial charge on any atom is 0.250 e. The number of hydrogen-bond donors (Lipinski definition) is 2. The number of nitrogens with one attached hydrogen (secondary N) is 1. The fraction of sp³-hybridized carbons (Fsp3) is 0.188. The number of anilines is 1. The van der Waals surface area contributed by atoms with Crippen LogP contribution in [0.1, 0.15) is 22.8 Å². The molecule has 19 heavy (non-hydrogen) atoms. The lowest BCUT2D eigenvalue weighted by molar-refractivity contribution is 0.100. The fourth-order valence-electron chi connectivity index (χ4n) is 2.22. The van der Waals surface area contributed by atoms with E-state index in [1.54, 1.807) is 6.07 Å². The van der Waals surface area contributed by atoms with Gasteiger partial charge in [-0.05, 0) is 31.0 Å². The molecule has 2 aromatic carbocycles. The van der Waals surface area contributed by atoms with Crippen LogP contribution in [0.15, 0.2) is 42.5 Å². The molecule has 0 radical (unpaired) electrons. The van der Waals surface area contributed by atoms with Gasteiger partial charge in [-0.3, -0.25) is 4.79 Å². The van der Waals surface area contributed by atoms with Gasteiger partial charge in [-0.2, -0.15) is 0 Å². The van der Waals surface area contributed by atoms with Gasteiger partial charge in [0.2, 0.25) is 0 Å². The molecule has 0 unspecified atom stereocenters. The molecule has 0 spiro atoms. The fourth-order valence-corrected chi connectivity index (χ4v) is 2.22. The molecular formula is C16H18N2O. The van der Waals surface area contributed by atoms with Gasteiger partial charge in [0.05, 0.1) is 11.3 Å². The molecule has 0 saturated heterocycles. The second-order valence-corrected chi connectivity index (χ2v) is 4.44. The lowest BCUT2D eigenvalue weighted by atomic mass is 9.96. The molecular weight excluding hydrogens is 236 g/mol. The van der Waals surface area contributed by atoms with Gasteiger partial charge in [-0.1, -0.05) is 36.4 Å². The van der Waals surface area contributed by atoms with Crippen molar-refractivity contribution in [2.45, 2.75) is 13.8 Å². The van der Waals surface area contributed by atoms with Crippen molar-refractivity contribution in [1.29, 1.82) is 0 Å². The first kappa shape index (κ1) is 13.1. The van der Waals surface area contributed by atoms with E-state index < -0.39 is 5.91 Å². The van der Waals surface area contributed by atoms with Crippen molar-refractivity contribution >= 4 is 11.6 Å². The van der Waals surface area contributed by atoms with Crippen LogP contribution < -0.4 is 11.1 Å². The Morgan fingerprint density at radius 2 is 1.79 bits per heavy atom. The van der Waals surface area contributed by atoms with Crippen LogP contribution in [0.25, 0.3) is 11.1 Å². The van der Waals surface area contributed by atoms with E-state index in [0.29, 0.717) is 5.56 Å². The van der Waals surface area contributed by atoms with Crippen LogP contribution in [0.4, 0.5) is 5.69 Å². The Kier molecular flexibility index (Phi) is 3.85. The number of nitrogens with two attached hydrogens (primary N) is 1. The molecule has 0 bridgehead atoms. The summed E-state index contributed by atoms with van der Waals surface area (Å²) in [4.78, 5) is 11.5. The minimum atomic E-state index is -0.411. The summed E-state index contributed by atoms with van der Waals surface area (Å²) in [6.07, 6.45) is 0. The Labute approximate surface area is 113 Å². The molecule has 0 aliphatic carbocycles.